The second-order valence-electron chi connectivity index (χ2n) is 11.6. The average molecular weight is 599 g/mol. The Hall–Kier alpha value is -3.86. The Kier molecular flexibility index (Phi) is 8.17. The van der Waals surface area contributed by atoms with Crippen LogP contribution in [-0.4, -0.2) is 68.9 Å². The standard InChI is InChI=1S/C33H38N6O3S/c1-22-15-27(25-5-4-6-26(16-25)33(40)34-2)18-30-31(22)36-21-37-32(30)39-14-11-24-7-8-29(17-28(24)20-39)43(41,42)38(3)19-23-9-12-35-13-10-23/h4-8,15-18,21,23,35H,9-14,19-20H2,1-3H3,(H,34,40). The molecule has 1 amide bonds. The first-order chi connectivity index (χ1) is 20.7. The SMILES string of the molecule is CNC(=O)c1cccc(-c2cc(C)c3ncnc(N4CCc5ccc(S(=O)(=O)N(C)CC6CCNCC6)cc5C4)c3c2)c1. The van der Waals surface area contributed by atoms with Crippen LogP contribution in [0.2, 0.25) is 0 Å². The Morgan fingerprint density at radius 1 is 1.05 bits per heavy atom. The van der Waals surface area contributed by atoms with Gasteiger partial charge in [-0.1, -0.05) is 18.2 Å². The lowest BCUT2D eigenvalue weighted by atomic mass is 9.97. The lowest BCUT2D eigenvalue weighted by Crippen LogP contribution is -2.37. The fraction of sp³-hybridized carbons (Fsp3) is 0.364. The van der Waals surface area contributed by atoms with Crippen LogP contribution in [0.15, 0.2) is 65.8 Å². The highest BCUT2D eigenvalue weighted by molar-refractivity contribution is 7.89. The van der Waals surface area contributed by atoms with E-state index in [1.54, 1.807) is 32.6 Å². The van der Waals surface area contributed by atoms with Gasteiger partial charge >= 0.3 is 0 Å². The van der Waals surface area contributed by atoms with Crippen molar-refractivity contribution in [2.45, 2.75) is 37.6 Å². The largest absolute Gasteiger partial charge is 0.355 e. The van der Waals surface area contributed by atoms with Gasteiger partial charge in [0.05, 0.1) is 10.4 Å². The molecule has 2 N–H and O–H groups in total. The molecule has 3 heterocycles. The van der Waals surface area contributed by atoms with Gasteiger partial charge in [-0.25, -0.2) is 22.7 Å². The van der Waals surface area contributed by atoms with Crippen molar-refractivity contribution in [3.8, 4) is 11.1 Å². The van der Waals surface area contributed by atoms with E-state index in [0.29, 0.717) is 29.5 Å². The molecule has 3 aromatic carbocycles. The van der Waals surface area contributed by atoms with E-state index in [4.69, 9.17) is 4.98 Å². The highest BCUT2D eigenvalue weighted by Crippen LogP contribution is 2.34. The van der Waals surface area contributed by atoms with E-state index >= 15 is 0 Å². The van der Waals surface area contributed by atoms with E-state index in [1.807, 2.05) is 37.3 Å². The number of amides is 1. The summed E-state index contributed by atoms with van der Waals surface area (Å²) in [6, 6.07) is 17.3. The number of carbonyl (C=O) groups excluding carboxylic acids is 1. The van der Waals surface area contributed by atoms with Crippen LogP contribution in [0.5, 0.6) is 0 Å². The smallest absolute Gasteiger partial charge is 0.251 e. The maximum atomic E-state index is 13.6. The zero-order valence-electron chi connectivity index (χ0n) is 24.9. The lowest BCUT2D eigenvalue weighted by molar-refractivity contribution is 0.0963. The van der Waals surface area contributed by atoms with E-state index in [0.717, 1.165) is 83.4 Å². The summed E-state index contributed by atoms with van der Waals surface area (Å²) in [6.07, 6.45) is 4.38. The Bertz CT molecular complexity index is 1790. The van der Waals surface area contributed by atoms with Crippen LogP contribution in [0.4, 0.5) is 5.82 Å². The second-order valence-corrected chi connectivity index (χ2v) is 13.7. The van der Waals surface area contributed by atoms with E-state index < -0.39 is 10.0 Å². The quantitative estimate of drug-likeness (QED) is 0.329. The zero-order valence-corrected chi connectivity index (χ0v) is 25.7. The van der Waals surface area contributed by atoms with Gasteiger partial charge in [-0.2, -0.15) is 0 Å². The summed E-state index contributed by atoms with van der Waals surface area (Å²) in [5.41, 5.74) is 6.57. The summed E-state index contributed by atoms with van der Waals surface area (Å²) in [4.78, 5) is 24.1. The van der Waals surface area contributed by atoms with Gasteiger partial charge < -0.3 is 15.5 Å². The lowest BCUT2D eigenvalue weighted by Gasteiger charge is -2.31. The molecule has 0 atom stereocenters. The monoisotopic (exact) mass is 598 g/mol. The van der Waals surface area contributed by atoms with Gasteiger partial charge in [0.15, 0.2) is 0 Å². The van der Waals surface area contributed by atoms with Crippen LogP contribution in [0, 0.1) is 12.8 Å². The van der Waals surface area contributed by atoms with Gasteiger partial charge in [0.2, 0.25) is 10.0 Å². The third-order valence-electron chi connectivity index (χ3n) is 8.77. The molecule has 9 nitrogen and oxygen atoms in total. The Morgan fingerprint density at radius 2 is 1.86 bits per heavy atom. The number of anilines is 1. The first-order valence-electron chi connectivity index (χ1n) is 14.9. The number of hydrogen-bond donors (Lipinski definition) is 2. The number of nitrogens with zero attached hydrogens (tertiary/aromatic N) is 4. The van der Waals surface area contributed by atoms with Crippen LogP contribution < -0.4 is 15.5 Å². The normalized spacial score (nSPS) is 16.0. The molecule has 1 fully saturated rings. The zero-order chi connectivity index (χ0) is 30.1. The van der Waals surface area contributed by atoms with Crippen molar-refractivity contribution in [1.82, 2.24) is 24.9 Å². The maximum absolute atomic E-state index is 13.6. The third kappa shape index (κ3) is 5.87. The number of rotatable bonds is 7. The number of sulfonamides is 1. The average Bonchev–Trinajstić information content (AvgIpc) is 3.04. The molecule has 0 saturated carbocycles. The Labute approximate surface area is 253 Å². The van der Waals surface area contributed by atoms with Gasteiger partial charge in [-0.15, -0.1) is 0 Å². The molecule has 6 rings (SSSR count). The van der Waals surface area contributed by atoms with Crippen molar-refractivity contribution < 1.29 is 13.2 Å². The van der Waals surface area contributed by atoms with Gasteiger partial charge in [0.1, 0.15) is 12.1 Å². The Balaban J connectivity index is 1.31. The molecule has 0 aliphatic carbocycles. The molecule has 1 aromatic heterocycles. The molecular weight excluding hydrogens is 560 g/mol. The third-order valence-corrected chi connectivity index (χ3v) is 10.6. The van der Waals surface area contributed by atoms with Gasteiger partial charge in [0, 0.05) is 44.7 Å². The van der Waals surface area contributed by atoms with Crippen molar-refractivity contribution in [1.29, 1.82) is 0 Å². The summed E-state index contributed by atoms with van der Waals surface area (Å²) in [7, 11) is -0.280. The molecule has 2 aliphatic rings. The van der Waals surface area contributed by atoms with Crippen molar-refractivity contribution in [3.05, 3.63) is 83.2 Å². The van der Waals surface area contributed by atoms with Crippen LogP contribution in [0.25, 0.3) is 22.0 Å². The number of benzene rings is 3. The summed E-state index contributed by atoms with van der Waals surface area (Å²) in [5, 5.41) is 6.97. The Morgan fingerprint density at radius 3 is 2.65 bits per heavy atom. The fourth-order valence-corrected chi connectivity index (χ4v) is 7.61. The molecule has 0 unspecified atom stereocenters. The maximum Gasteiger partial charge on any atom is 0.251 e. The first kappa shape index (κ1) is 29.2. The molecule has 0 bridgehead atoms. The molecule has 43 heavy (non-hydrogen) atoms. The number of aromatic nitrogens is 2. The number of fused-ring (bicyclic) bond motifs is 2. The van der Waals surface area contributed by atoms with Crippen molar-refractivity contribution >= 4 is 32.7 Å². The topological polar surface area (TPSA) is 108 Å². The number of carbonyl (C=O) groups is 1. The molecule has 10 heteroatoms. The van der Waals surface area contributed by atoms with Gasteiger partial charge in [-0.05, 0) is 109 Å². The van der Waals surface area contributed by atoms with E-state index in [1.165, 1.54) is 4.31 Å². The molecule has 224 valence electrons. The van der Waals surface area contributed by atoms with Crippen molar-refractivity contribution in [2.75, 3.05) is 45.2 Å². The molecule has 4 aromatic rings. The van der Waals surface area contributed by atoms with E-state index in [-0.39, 0.29) is 5.91 Å². The fourth-order valence-electron chi connectivity index (χ4n) is 6.32. The molecule has 2 aliphatic heterocycles. The summed E-state index contributed by atoms with van der Waals surface area (Å²) < 4.78 is 28.6. The van der Waals surface area contributed by atoms with Crippen LogP contribution >= 0.6 is 0 Å². The van der Waals surface area contributed by atoms with E-state index in [9.17, 15) is 13.2 Å². The number of nitrogens with one attached hydrogen (secondary N) is 2. The predicted molar refractivity (Wildman–Crippen MR) is 170 cm³/mol. The van der Waals surface area contributed by atoms with Gasteiger partial charge in [-0.3, -0.25) is 4.79 Å². The first-order valence-corrected chi connectivity index (χ1v) is 16.3. The molecule has 1 saturated heterocycles. The number of aryl methyl sites for hydroxylation is 1. The minimum absolute atomic E-state index is 0.130. The summed E-state index contributed by atoms with van der Waals surface area (Å²) in [6.45, 7) is 5.76. The number of piperidine rings is 1. The number of hydrogen-bond acceptors (Lipinski definition) is 7. The predicted octanol–water partition coefficient (Wildman–Crippen LogP) is 4.15. The highest BCUT2D eigenvalue weighted by Gasteiger charge is 2.27. The van der Waals surface area contributed by atoms with Crippen LogP contribution in [0.1, 0.15) is 39.9 Å². The van der Waals surface area contributed by atoms with Crippen molar-refractivity contribution in [3.63, 3.8) is 0 Å². The second kappa shape index (κ2) is 12.0. The van der Waals surface area contributed by atoms with Gasteiger partial charge in [0.25, 0.3) is 5.91 Å². The highest BCUT2D eigenvalue weighted by atomic mass is 32.2. The van der Waals surface area contributed by atoms with Crippen LogP contribution in [-0.2, 0) is 23.0 Å². The molecule has 0 spiro atoms. The minimum atomic E-state index is -3.60. The van der Waals surface area contributed by atoms with Crippen molar-refractivity contribution in [2.24, 2.45) is 5.92 Å². The molecular formula is C33H38N6O3S. The summed E-state index contributed by atoms with van der Waals surface area (Å²) >= 11 is 0. The van der Waals surface area contributed by atoms with E-state index in [2.05, 4.69) is 32.7 Å². The molecule has 0 radical (unpaired) electrons. The minimum Gasteiger partial charge on any atom is -0.355 e. The summed E-state index contributed by atoms with van der Waals surface area (Å²) in [5.74, 6) is 1.06. The van der Waals surface area contributed by atoms with Crippen LogP contribution in [0.3, 0.4) is 0 Å².